The van der Waals surface area contributed by atoms with Gasteiger partial charge < -0.3 is 9.64 Å². The third kappa shape index (κ3) is 6.29. The van der Waals surface area contributed by atoms with Crippen LogP contribution in [-0.2, 0) is 22.3 Å². The minimum atomic E-state index is -4.51. The highest BCUT2D eigenvalue weighted by Gasteiger charge is 2.37. The third-order valence-electron chi connectivity index (χ3n) is 6.63. The van der Waals surface area contributed by atoms with Crippen LogP contribution in [-0.4, -0.2) is 35.8 Å². The van der Waals surface area contributed by atoms with Crippen LogP contribution in [0, 0.1) is 11.3 Å². The largest absolute Gasteiger partial charge is 0.465 e. The first kappa shape index (κ1) is 26.4. The van der Waals surface area contributed by atoms with Crippen molar-refractivity contribution in [2.24, 2.45) is 16.3 Å². The fraction of sp³-hybridized carbons (Fsp3) is 0.444. The Balaban J connectivity index is 1.89. The number of ether oxygens (including phenoxy) is 1. The zero-order valence-electron chi connectivity index (χ0n) is 20.6. The molecule has 35 heavy (non-hydrogen) atoms. The van der Waals surface area contributed by atoms with Crippen molar-refractivity contribution in [3.8, 4) is 0 Å². The third-order valence-corrected chi connectivity index (χ3v) is 6.63. The molecule has 2 atom stereocenters. The smallest absolute Gasteiger partial charge is 0.416 e. The summed E-state index contributed by atoms with van der Waals surface area (Å²) in [5, 5.41) is 0. The Bertz CT molecular complexity index is 1100. The van der Waals surface area contributed by atoms with E-state index in [4.69, 9.17) is 4.74 Å². The van der Waals surface area contributed by atoms with Gasteiger partial charge >= 0.3 is 12.1 Å². The van der Waals surface area contributed by atoms with E-state index < -0.39 is 29.8 Å². The normalized spacial score (nSPS) is 17.4. The average molecular weight is 489 g/mol. The number of alkyl halides is 3. The standard InChI is InChI=1S/C27H31F3N2O3/c1-17(26(2,3)4)9-14-22-31-23(20-7-6-8-21(15-20)27(28,29)30)24(33)32(22)16-18-10-12-19(13-11-18)25(34)35-5/h6-8,10-13,15,17,22H,9,14,16H2,1-5H3. The molecule has 0 saturated carbocycles. The second kappa shape index (κ2) is 10.2. The molecule has 1 amide bonds. The lowest BCUT2D eigenvalue weighted by Crippen LogP contribution is -2.36. The van der Waals surface area contributed by atoms with E-state index in [0.29, 0.717) is 17.9 Å². The Morgan fingerprint density at radius 2 is 1.77 bits per heavy atom. The maximum Gasteiger partial charge on any atom is 0.416 e. The van der Waals surface area contributed by atoms with Gasteiger partial charge in [0, 0.05) is 12.1 Å². The van der Waals surface area contributed by atoms with Crippen LogP contribution < -0.4 is 0 Å². The second-order valence-corrected chi connectivity index (χ2v) is 10.0. The molecule has 1 aliphatic heterocycles. The van der Waals surface area contributed by atoms with E-state index in [1.807, 2.05) is 0 Å². The fourth-order valence-electron chi connectivity index (χ4n) is 3.88. The van der Waals surface area contributed by atoms with Gasteiger partial charge in [-0.1, -0.05) is 52.0 Å². The van der Waals surface area contributed by atoms with Crippen molar-refractivity contribution in [3.63, 3.8) is 0 Å². The number of hydrogen-bond donors (Lipinski definition) is 0. The highest BCUT2D eigenvalue weighted by molar-refractivity contribution is 6.46. The van der Waals surface area contributed by atoms with E-state index in [9.17, 15) is 22.8 Å². The summed E-state index contributed by atoms with van der Waals surface area (Å²) in [5.41, 5.74) is 0.615. The summed E-state index contributed by atoms with van der Waals surface area (Å²) in [6, 6.07) is 11.4. The lowest BCUT2D eigenvalue weighted by Gasteiger charge is -2.30. The van der Waals surface area contributed by atoms with Crippen molar-refractivity contribution in [2.75, 3.05) is 7.11 Å². The average Bonchev–Trinajstić information content (AvgIpc) is 3.11. The number of esters is 1. The molecule has 2 unspecified atom stereocenters. The summed E-state index contributed by atoms with van der Waals surface area (Å²) in [7, 11) is 1.30. The molecule has 0 saturated heterocycles. The number of carbonyl (C=O) groups excluding carboxylic acids is 2. The van der Waals surface area contributed by atoms with Crippen molar-refractivity contribution < 1.29 is 27.5 Å². The minimum Gasteiger partial charge on any atom is -0.465 e. The summed E-state index contributed by atoms with van der Waals surface area (Å²) in [6.45, 7) is 8.81. The molecule has 0 aromatic heterocycles. The lowest BCUT2D eigenvalue weighted by molar-refractivity contribution is -0.137. The van der Waals surface area contributed by atoms with Crippen LogP contribution in [0.2, 0.25) is 0 Å². The number of halogens is 3. The number of amides is 1. The molecule has 3 rings (SSSR count). The van der Waals surface area contributed by atoms with Crippen LogP contribution in [0.25, 0.3) is 0 Å². The van der Waals surface area contributed by atoms with Crippen molar-refractivity contribution in [1.82, 2.24) is 4.90 Å². The van der Waals surface area contributed by atoms with Gasteiger partial charge in [-0.2, -0.15) is 13.2 Å². The summed E-state index contributed by atoms with van der Waals surface area (Å²) < 4.78 is 44.5. The van der Waals surface area contributed by atoms with E-state index in [1.54, 1.807) is 29.2 Å². The molecule has 1 aliphatic rings. The quantitative estimate of drug-likeness (QED) is 0.442. The van der Waals surface area contributed by atoms with Crippen LogP contribution in [0.5, 0.6) is 0 Å². The van der Waals surface area contributed by atoms with Gasteiger partial charge in [-0.15, -0.1) is 0 Å². The maximum atomic E-state index is 13.4. The van der Waals surface area contributed by atoms with E-state index in [0.717, 1.165) is 24.1 Å². The fourth-order valence-corrected chi connectivity index (χ4v) is 3.88. The Morgan fingerprint density at radius 3 is 2.34 bits per heavy atom. The van der Waals surface area contributed by atoms with Gasteiger partial charge in [0.1, 0.15) is 11.9 Å². The lowest BCUT2D eigenvalue weighted by atomic mass is 9.79. The summed E-state index contributed by atoms with van der Waals surface area (Å²) in [5.74, 6) is -0.514. The highest BCUT2D eigenvalue weighted by atomic mass is 19.4. The summed E-state index contributed by atoms with van der Waals surface area (Å²) in [4.78, 5) is 31.3. The van der Waals surface area contributed by atoms with Crippen LogP contribution in [0.1, 0.15) is 67.6 Å². The zero-order chi connectivity index (χ0) is 26.0. The molecule has 188 valence electrons. The Labute approximate surface area is 204 Å². The van der Waals surface area contributed by atoms with Gasteiger partial charge in [-0.3, -0.25) is 9.79 Å². The first-order valence-corrected chi connectivity index (χ1v) is 11.5. The van der Waals surface area contributed by atoms with Gasteiger partial charge in [0.25, 0.3) is 5.91 Å². The number of rotatable bonds is 7. The van der Waals surface area contributed by atoms with Crippen molar-refractivity contribution in [2.45, 2.75) is 59.4 Å². The summed E-state index contributed by atoms with van der Waals surface area (Å²) >= 11 is 0. The maximum absolute atomic E-state index is 13.4. The first-order valence-electron chi connectivity index (χ1n) is 11.5. The predicted octanol–water partition coefficient (Wildman–Crippen LogP) is 6.11. The van der Waals surface area contributed by atoms with Gasteiger partial charge in [0.15, 0.2) is 0 Å². The van der Waals surface area contributed by atoms with Gasteiger partial charge in [0.05, 0.1) is 18.2 Å². The first-order chi connectivity index (χ1) is 16.3. The minimum absolute atomic E-state index is 0.0377. The summed E-state index contributed by atoms with van der Waals surface area (Å²) in [6.07, 6.45) is -3.61. The molecule has 8 heteroatoms. The number of methoxy groups -OCH3 is 1. The Kier molecular flexibility index (Phi) is 7.72. The monoisotopic (exact) mass is 488 g/mol. The van der Waals surface area contributed by atoms with Gasteiger partial charge in [0.2, 0.25) is 0 Å². The van der Waals surface area contributed by atoms with Gasteiger partial charge in [-0.05, 0) is 54.0 Å². The van der Waals surface area contributed by atoms with E-state index in [2.05, 4.69) is 32.7 Å². The molecule has 5 nitrogen and oxygen atoms in total. The SMILES string of the molecule is COC(=O)c1ccc(CN2C(=O)C(c3cccc(C(F)(F)F)c3)=NC2CCC(C)C(C)(C)C)cc1. The molecule has 2 aromatic carbocycles. The van der Waals surface area contributed by atoms with Crippen LogP contribution >= 0.6 is 0 Å². The molecular formula is C27H31F3N2O3. The Morgan fingerprint density at radius 1 is 1.11 bits per heavy atom. The molecule has 0 aliphatic carbocycles. The number of benzene rings is 2. The van der Waals surface area contributed by atoms with Crippen molar-refractivity contribution in [3.05, 3.63) is 70.8 Å². The second-order valence-electron chi connectivity index (χ2n) is 10.0. The molecular weight excluding hydrogens is 457 g/mol. The molecule has 0 N–H and O–H groups in total. The number of hydrogen-bond acceptors (Lipinski definition) is 4. The van der Waals surface area contributed by atoms with E-state index >= 15 is 0 Å². The van der Waals surface area contributed by atoms with E-state index in [1.165, 1.54) is 19.2 Å². The topological polar surface area (TPSA) is 59.0 Å². The molecule has 0 spiro atoms. The van der Waals surface area contributed by atoms with Crippen molar-refractivity contribution >= 4 is 17.6 Å². The van der Waals surface area contributed by atoms with Gasteiger partial charge in [-0.25, -0.2) is 4.79 Å². The Hall–Kier alpha value is -3.16. The van der Waals surface area contributed by atoms with Crippen LogP contribution in [0.3, 0.4) is 0 Å². The number of carbonyl (C=O) groups is 2. The highest BCUT2D eigenvalue weighted by Crippen LogP contribution is 2.33. The van der Waals surface area contributed by atoms with Crippen molar-refractivity contribution in [1.29, 1.82) is 0 Å². The number of aliphatic imine (C=N–C) groups is 1. The van der Waals surface area contributed by atoms with Crippen LogP contribution in [0.15, 0.2) is 53.5 Å². The molecule has 0 fully saturated rings. The number of nitrogens with zero attached hydrogens (tertiary/aromatic N) is 2. The molecule has 2 aromatic rings. The van der Waals surface area contributed by atoms with Crippen LogP contribution in [0.4, 0.5) is 13.2 Å². The zero-order valence-corrected chi connectivity index (χ0v) is 20.6. The molecule has 1 heterocycles. The molecule has 0 radical (unpaired) electrons. The molecule has 0 bridgehead atoms. The predicted molar refractivity (Wildman–Crippen MR) is 128 cm³/mol. The van der Waals surface area contributed by atoms with E-state index in [-0.39, 0.29) is 23.2 Å².